The van der Waals surface area contributed by atoms with Crippen LogP contribution in [-0.2, 0) is 16.0 Å². The van der Waals surface area contributed by atoms with Gasteiger partial charge in [-0.25, -0.2) is 0 Å². The number of hydrogen-bond acceptors (Lipinski definition) is 5. The molecule has 1 aromatic carbocycles. The second-order valence-electron chi connectivity index (χ2n) is 6.85. The zero-order chi connectivity index (χ0) is 19.6. The third kappa shape index (κ3) is 5.81. The second kappa shape index (κ2) is 10.8. The van der Waals surface area contributed by atoms with E-state index in [-0.39, 0.29) is 0 Å². The lowest BCUT2D eigenvalue weighted by Gasteiger charge is -2.34. The average Bonchev–Trinajstić information content (AvgIpc) is 3.22. The summed E-state index contributed by atoms with van der Waals surface area (Å²) in [4.78, 5) is 6.69. The zero-order valence-electron chi connectivity index (χ0n) is 16.8. The molecule has 1 aliphatic heterocycles. The molecule has 0 atom stereocenters. The molecular formula is C21H30N4O3. The van der Waals surface area contributed by atoms with Gasteiger partial charge in [0, 0.05) is 52.1 Å². The standard InChI is InChI=1S/C21H30N4O3/c1-22-21(25-11-9-19(10-12-25)27-14-6-13-26-2)23-16-18-15-20(28-24-18)17-7-4-3-5-8-17/h3-5,7-8,15,19H,6,9-14,16H2,1-2H3,(H,22,23). The molecule has 0 saturated carbocycles. The number of rotatable bonds is 8. The molecule has 1 N–H and O–H groups in total. The number of ether oxygens (including phenoxy) is 2. The summed E-state index contributed by atoms with van der Waals surface area (Å²) in [5.41, 5.74) is 1.88. The van der Waals surface area contributed by atoms with E-state index in [1.807, 2.05) is 43.4 Å². The number of benzene rings is 1. The van der Waals surface area contributed by atoms with E-state index in [0.29, 0.717) is 12.6 Å². The van der Waals surface area contributed by atoms with Crippen LogP contribution in [0.2, 0.25) is 0 Å². The van der Waals surface area contributed by atoms with Crippen LogP contribution in [0.25, 0.3) is 11.3 Å². The lowest BCUT2D eigenvalue weighted by atomic mass is 10.1. The maximum Gasteiger partial charge on any atom is 0.193 e. The van der Waals surface area contributed by atoms with Crippen molar-refractivity contribution in [1.29, 1.82) is 0 Å². The lowest BCUT2D eigenvalue weighted by molar-refractivity contribution is 0.00989. The van der Waals surface area contributed by atoms with Gasteiger partial charge in [-0.05, 0) is 19.3 Å². The Morgan fingerprint density at radius 1 is 1.25 bits per heavy atom. The molecule has 0 unspecified atom stereocenters. The molecule has 3 rings (SSSR count). The molecule has 1 fully saturated rings. The van der Waals surface area contributed by atoms with Crippen LogP contribution in [0.4, 0.5) is 0 Å². The largest absolute Gasteiger partial charge is 0.385 e. The number of nitrogens with one attached hydrogen (secondary N) is 1. The first-order valence-corrected chi connectivity index (χ1v) is 9.87. The SMILES string of the molecule is CN=C(NCc1cc(-c2ccccc2)on1)N1CCC(OCCCOC)CC1. The summed E-state index contributed by atoms with van der Waals surface area (Å²) in [5.74, 6) is 1.67. The summed E-state index contributed by atoms with van der Waals surface area (Å²) in [6, 6.07) is 12.0. The van der Waals surface area contributed by atoms with Crippen LogP contribution in [0, 0.1) is 0 Å². The highest BCUT2D eigenvalue weighted by molar-refractivity contribution is 5.80. The van der Waals surface area contributed by atoms with Gasteiger partial charge in [0.05, 0.1) is 12.6 Å². The van der Waals surface area contributed by atoms with E-state index in [0.717, 1.165) is 68.5 Å². The predicted molar refractivity (Wildman–Crippen MR) is 109 cm³/mol. The van der Waals surface area contributed by atoms with Gasteiger partial charge in [-0.2, -0.15) is 0 Å². The van der Waals surface area contributed by atoms with E-state index in [1.54, 1.807) is 7.11 Å². The van der Waals surface area contributed by atoms with Crippen molar-refractivity contribution in [3.63, 3.8) is 0 Å². The Morgan fingerprint density at radius 2 is 2.04 bits per heavy atom. The molecule has 1 aliphatic rings. The Labute approximate surface area is 166 Å². The number of aromatic nitrogens is 1. The highest BCUT2D eigenvalue weighted by Crippen LogP contribution is 2.20. The number of likely N-dealkylation sites (tertiary alicyclic amines) is 1. The Bertz CT molecular complexity index is 724. The molecule has 28 heavy (non-hydrogen) atoms. The normalized spacial score (nSPS) is 15.8. The minimum absolute atomic E-state index is 0.329. The first kappa shape index (κ1) is 20.4. The van der Waals surface area contributed by atoms with Crippen molar-refractivity contribution in [3.05, 3.63) is 42.1 Å². The van der Waals surface area contributed by atoms with Crippen molar-refractivity contribution in [1.82, 2.24) is 15.4 Å². The first-order valence-electron chi connectivity index (χ1n) is 9.87. The highest BCUT2D eigenvalue weighted by Gasteiger charge is 2.22. The Hall–Kier alpha value is -2.38. The van der Waals surface area contributed by atoms with Crippen LogP contribution < -0.4 is 5.32 Å². The average molecular weight is 386 g/mol. The molecule has 0 spiro atoms. The van der Waals surface area contributed by atoms with Gasteiger partial charge in [0.25, 0.3) is 0 Å². The van der Waals surface area contributed by atoms with E-state index in [4.69, 9.17) is 14.0 Å². The molecule has 7 nitrogen and oxygen atoms in total. The van der Waals surface area contributed by atoms with Gasteiger partial charge in [0.1, 0.15) is 5.69 Å². The van der Waals surface area contributed by atoms with Crippen molar-refractivity contribution >= 4 is 5.96 Å². The van der Waals surface area contributed by atoms with Gasteiger partial charge in [0.15, 0.2) is 11.7 Å². The van der Waals surface area contributed by atoms with Crippen molar-refractivity contribution in [2.75, 3.05) is 40.5 Å². The van der Waals surface area contributed by atoms with Gasteiger partial charge < -0.3 is 24.2 Å². The lowest BCUT2D eigenvalue weighted by Crippen LogP contribution is -2.46. The van der Waals surface area contributed by atoms with Crippen molar-refractivity contribution in [2.24, 2.45) is 4.99 Å². The monoisotopic (exact) mass is 386 g/mol. The van der Waals surface area contributed by atoms with Crippen LogP contribution in [0.3, 0.4) is 0 Å². The third-order valence-electron chi connectivity index (χ3n) is 4.84. The fourth-order valence-electron chi connectivity index (χ4n) is 3.32. The number of hydrogen-bond donors (Lipinski definition) is 1. The first-order chi connectivity index (χ1) is 13.8. The van der Waals surface area contributed by atoms with Gasteiger partial charge in [-0.1, -0.05) is 35.5 Å². The number of methoxy groups -OCH3 is 1. The number of piperidine rings is 1. The second-order valence-corrected chi connectivity index (χ2v) is 6.85. The zero-order valence-corrected chi connectivity index (χ0v) is 16.8. The fraction of sp³-hybridized carbons (Fsp3) is 0.524. The third-order valence-corrected chi connectivity index (χ3v) is 4.84. The summed E-state index contributed by atoms with van der Waals surface area (Å²) in [6.45, 7) is 3.96. The molecule has 1 saturated heterocycles. The Kier molecular flexibility index (Phi) is 7.87. The molecule has 152 valence electrons. The molecule has 0 radical (unpaired) electrons. The molecule has 7 heteroatoms. The number of aliphatic imine (C=N–C) groups is 1. The summed E-state index contributed by atoms with van der Waals surface area (Å²) >= 11 is 0. The minimum Gasteiger partial charge on any atom is -0.385 e. The Balaban J connectivity index is 1.44. The van der Waals surface area contributed by atoms with E-state index < -0.39 is 0 Å². The van der Waals surface area contributed by atoms with Crippen molar-refractivity contribution in [2.45, 2.75) is 31.9 Å². The van der Waals surface area contributed by atoms with E-state index in [2.05, 4.69) is 20.4 Å². The number of nitrogens with zero attached hydrogens (tertiary/aromatic N) is 3. The summed E-state index contributed by atoms with van der Waals surface area (Å²) in [7, 11) is 3.53. The fourth-order valence-corrected chi connectivity index (χ4v) is 3.32. The van der Waals surface area contributed by atoms with Crippen LogP contribution in [0.5, 0.6) is 0 Å². The van der Waals surface area contributed by atoms with Gasteiger partial charge in [0.2, 0.25) is 0 Å². The van der Waals surface area contributed by atoms with Crippen LogP contribution in [0.1, 0.15) is 25.0 Å². The molecule has 0 aliphatic carbocycles. The smallest absolute Gasteiger partial charge is 0.193 e. The highest BCUT2D eigenvalue weighted by atomic mass is 16.5. The van der Waals surface area contributed by atoms with Crippen LogP contribution in [0.15, 0.2) is 45.9 Å². The summed E-state index contributed by atoms with van der Waals surface area (Å²) in [6.07, 6.45) is 3.30. The van der Waals surface area contributed by atoms with E-state index in [9.17, 15) is 0 Å². The van der Waals surface area contributed by atoms with Gasteiger partial charge in [-0.15, -0.1) is 0 Å². The van der Waals surface area contributed by atoms with Crippen molar-refractivity contribution in [3.8, 4) is 11.3 Å². The molecule has 2 heterocycles. The van der Waals surface area contributed by atoms with E-state index >= 15 is 0 Å². The molecule has 0 amide bonds. The quantitative estimate of drug-likeness (QED) is 0.427. The van der Waals surface area contributed by atoms with Crippen molar-refractivity contribution < 1.29 is 14.0 Å². The minimum atomic E-state index is 0.329. The maximum absolute atomic E-state index is 5.93. The topological polar surface area (TPSA) is 72.1 Å². The van der Waals surface area contributed by atoms with Crippen LogP contribution >= 0.6 is 0 Å². The van der Waals surface area contributed by atoms with Gasteiger partial charge in [-0.3, -0.25) is 4.99 Å². The molecule has 0 bridgehead atoms. The summed E-state index contributed by atoms with van der Waals surface area (Å²) < 4.78 is 16.5. The summed E-state index contributed by atoms with van der Waals surface area (Å²) in [5, 5.41) is 7.55. The molecular weight excluding hydrogens is 356 g/mol. The van der Waals surface area contributed by atoms with E-state index in [1.165, 1.54) is 0 Å². The number of guanidine groups is 1. The van der Waals surface area contributed by atoms with Crippen LogP contribution in [-0.4, -0.2) is 62.6 Å². The molecule has 1 aromatic heterocycles. The van der Waals surface area contributed by atoms with Gasteiger partial charge >= 0.3 is 0 Å². The predicted octanol–water partition coefficient (Wildman–Crippen LogP) is 2.93. The maximum atomic E-state index is 5.93. The molecule has 2 aromatic rings. The Morgan fingerprint density at radius 3 is 2.75 bits per heavy atom.